The third kappa shape index (κ3) is 4.61. The van der Waals surface area contributed by atoms with Gasteiger partial charge in [-0.2, -0.15) is 0 Å². The van der Waals surface area contributed by atoms with Crippen molar-refractivity contribution in [2.24, 2.45) is 0 Å². The predicted molar refractivity (Wildman–Crippen MR) is 77.4 cm³/mol. The fraction of sp³-hybridized carbons (Fsp3) is 0.231. The van der Waals surface area contributed by atoms with Crippen molar-refractivity contribution in [3.05, 3.63) is 48.0 Å². The molecule has 4 nitrogen and oxygen atoms in total. The maximum absolute atomic E-state index is 11.7. The molecule has 0 aliphatic carbocycles. The summed E-state index contributed by atoms with van der Waals surface area (Å²) in [7, 11) is 0. The quantitative estimate of drug-likeness (QED) is 0.833. The molecule has 0 unspecified atom stereocenters. The van der Waals surface area contributed by atoms with Crippen molar-refractivity contribution in [2.75, 3.05) is 12.3 Å². The zero-order valence-electron chi connectivity index (χ0n) is 10.3. The fourth-order valence-electron chi connectivity index (χ4n) is 1.50. The Kier molecular flexibility index (Phi) is 5.30. The minimum absolute atomic E-state index is 0.00466. The van der Waals surface area contributed by atoms with Crippen molar-refractivity contribution in [1.29, 1.82) is 0 Å². The SMILES string of the molecule is O=C(CSc1ccccc1Cl)NCCn1ccnc1. The lowest BCUT2D eigenvalue weighted by atomic mass is 10.4. The van der Waals surface area contributed by atoms with Crippen molar-refractivity contribution in [2.45, 2.75) is 11.4 Å². The van der Waals surface area contributed by atoms with Gasteiger partial charge < -0.3 is 9.88 Å². The highest BCUT2D eigenvalue weighted by Gasteiger charge is 2.04. The van der Waals surface area contributed by atoms with Crippen LogP contribution < -0.4 is 5.32 Å². The van der Waals surface area contributed by atoms with E-state index in [-0.39, 0.29) is 5.91 Å². The van der Waals surface area contributed by atoms with Crippen molar-refractivity contribution < 1.29 is 4.79 Å². The molecule has 100 valence electrons. The monoisotopic (exact) mass is 295 g/mol. The minimum atomic E-state index is 0.00466. The smallest absolute Gasteiger partial charge is 0.230 e. The van der Waals surface area contributed by atoms with Gasteiger partial charge in [0.15, 0.2) is 0 Å². The number of aromatic nitrogens is 2. The number of imidazole rings is 1. The Morgan fingerprint density at radius 2 is 2.26 bits per heavy atom. The molecule has 1 heterocycles. The summed E-state index contributed by atoms with van der Waals surface area (Å²) in [5.41, 5.74) is 0. The topological polar surface area (TPSA) is 46.9 Å². The van der Waals surface area contributed by atoms with Gasteiger partial charge in [-0.25, -0.2) is 4.98 Å². The first kappa shape index (κ1) is 14.0. The second kappa shape index (κ2) is 7.21. The van der Waals surface area contributed by atoms with Crippen molar-refractivity contribution in [3.8, 4) is 0 Å². The lowest BCUT2D eigenvalue weighted by Gasteiger charge is -2.06. The van der Waals surface area contributed by atoms with Crippen LogP contribution in [0, 0.1) is 0 Å². The number of carbonyl (C=O) groups is 1. The molecule has 0 atom stereocenters. The standard InChI is InChI=1S/C13H14ClN3OS/c14-11-3-1-2-4-12(11)19-9-13(18)16-6-8-17-7-5-15-10-17/h1-5,7,10H,6,8-9H2,(H,16,18). The van der Waals surface area contributed by atoms with E-state index in [0.29, 0.717) is 17.3 Å². The fourth-order valence-corrected chi connectivity index (χ4v) is 2.57. The Labute approximate surface area is 121 Å². The molecule has 0 radical (unpaired) electrons. The summed E-state index contributed by atoms with van der Waals surface area (Å²) in [5.74, 6) is 0.373. The second-order valence-electron chi connectivity index (χ2n) is 3.87. The van der Waals surface area contributed by atoms with Crippen LogP contribution in [0.4, 0.5) is 0 Å². The summed E-state index contributed by atoms with van der Waals surface area (Å²) in [6, 6.07) is 7.51. The molecule has 1 aromatic heterocycles. The highest BCUT2D eigenvalue weighted by molar-refractivity contribution is 8.00. The third-order valence-corrected chi connectivity index (χ3v) is 3.96. The third-order valence-electron chi connectivity index (χ3n) is 2.45. The van der Waals surface area contributed by atoms with Crippen LogP contribution in [0.25, 0.3) is 0 Å². The largest absolute Gasteiger partial charge is 0.354 e. The van der Waals surface area contributed by atoms with E-state index >= 15 is 0 Å². The van der Waals surface area contributed by atoms with E-state index in [9.17, 15) is 4.79 Å². The first-order valence-corrected chi connectivity index (χ1v) is 7.22. The lowest BCUT2D eigenvalue weighted by molar-refractivity contribution is -0.118. The normalized spacial score (nSPS) is 10.4. The average Bonchev–Trinajstić information content (AvgIpc) is 2.91. The Hall–Kier alpha value is -1.46. The predicted octanol–water partition coefficient (Wildman–Crippen LogP) is 2.45. The molecule has 1 aromatic carbocycles. The second-order valence-corrected chi connectivity index (χ2v) is 5.29. The molecule has 6 heteroatoms. The van der Waals surface area contributed by atoms with Gasteiger partial charge in [-0.3, -0.25) is 4.79 Å². The van der Waals surface area contributed by atoms with E-state index in [1.54, 1.807) is 12.5 Å². The van der Waals surface area contributed by atoms with Crippen LogP contribution in [0.3, 0.4) is 0 Å². The molecule has 1 amide bonds. The number of amides is 1. The first-order valence-electron chi connectivity index (χ1n) is 5.85. The zero-order valence-corrected chi connectivity index (χ0v) is 11.8. The van der Waals surface area contributed by atoms with E-state index in [1.807, 2.05) is 35.0 Å². The molecule has 0 aliphatic heterocycles. The number of thioether (sulfide) groups is 1. The molecule has 2 aromatic rings. The maximum Gasteiger partial charge on any atom is 0.230 e. The molecule has 1 N–H and O–H groups in total. The highest BCUT2D eigenvalue weighted by Crippen LogP contribution is 2.26. The number of hydrogen-bond acceptors (Lipinski definition) is 3. The minimum Gasteiger partial charge on any atom is -0.354 e. The molecule has 19 heavy (non-hydrogen) atoms. The molecular weight excluding hydrogens is 282 g/mol. The van der Waals surface area contributed by atoms with Gasteiger partial charge in [-0.05, 0) is 12.1 Å². The summed E-state index contributed by atoms with van der Waals surface area (Å²) < 4.78 is 1.92. The summed E-state index contributed by atoms with van der Waals surface area (Å²) >= 11 is 7.46. The molecule has 0 saturated carbocycles. The lowest BCUT2D eigenvalue weighted by Crippen LogP contribution is -2.28. The Morgan fingerprint density at radius 1 is 1.42 bits per heavy atom. The van der Waals surface area contributed by atoms with Gasteiger partial charge in [0, 0.05) is 30.4 Å². The Balaban J connectivity index is 1.69. The molecule has 0 aliphatic rings. The van der Waals surface area contributed by atoms with Crippen molar-refractivity contribution in [3.63, 3.8) is 0 Å². The number of carbonyl (C=O) groups excluding carboxylic acids is 1. The molecule has 0 saturated heterocycles. The van der Waals surface area contributed by atoms with Crippen molar-refractivity contribution in [1.82, 2.24) is 14.9 Å². The Morgan fingerprint density at radius 3 is 3.00 bits per heavy atom. The zero-order chi connectivity index (χ0) is 13.5. The van der Waals surface area contributed by atoms with E-state index in [2.05, 4.69) is 10.3 Å². The van der Waals surface area contributed by atoms with Gasteiger partial charge in [0.2, 0.25) is 5.91 Å². The molecule has 0 bridgehead atoms. The van der Waals surface area contributed by atoms with Crippen LogP contribution in [0.2, 0.25) is 5.02 Å². The summed E-state index contributed by atoms with van der Waals surface area (Å²) in [4.78, 5) is 16.5. The summed E-state index contributed by atoms with van der Waals surface area (Å²) in [6.45, 7) is 1.32. The average molecular weight is 296 g/mol. The number of nitrogens with zero attached hydrogens (tertiary/aromatic N) is 2. The van der Waals surface area contributed by atoms with Crippen LogP contribution in [-0.2, 0) is 11.3 Å². The van der Waals surface area contributed by atoms with E-state index in [0.717, 1.165) is 11.4 Å². The van der Waals surface area contributed by atoms with Gasteiger partial charge >= 0.3 is 0 Å². The van der Waals surface area contributed by atoms with E-state index in [1.165, 1.54) is 11.8 Å². The number of benzene rings is 1. The first-order chi connectivity index (χ1) is 9.25. The molecule has 0 fully saturated rings. The van der Waals surface area contributed by atoms with Gasteiger partial charge in [0.05, 0.1) is 17.1 Å². The number of nitrogens with one attached hydrogen (secondary N) is 1. The van der Waals surface area contributed by atoms with Crippen LogP contribution >= 0.6 is 23.4 Å². The van der Waals surface area contributed by atoms with Gasteiger partial charge in [-0.15, -0.1) is 11.8 Å². The van der Waals surface area contributed by atoms with Gasteiger partial charge in [-0.1, -0.05) is 23.7 Å². The van der Waals surface area contributed by atoms with Crippen LogP contribution in [-0.4, -0.2) is 27.8 Å². The molecular formula is C13H14ClN3OS. The number of halogens is 1. The van der Waals surface area contributed by atoms with Crippen LogP contribution in [0.5, 0.6) is 0 Å². The molecule has 2 rings (SSSR count). The van der Waals surface area contributed by atoms with Crippen LogP contribution in [0.15, 0.2) is 47.9 Å². The van der Waals surface area contributed by atoms with Gasteiger partial charge in [0.1, 0.15) is 0 Å². The van der Waals surface area contributed by atoms with Crippen LogP contribution in [0.1, 0.15) is 0 Å². The summed E-state index contributed by atoms with van der Waals surface area (Å²) in [6.07, 6.45) is 5.31. The summed E-state index contributed by atoms with van der Waals surface area (Å²) in [5, 5.41) is 3.54. The number of rotatable bonds is 6. The highest BCUT2D eigenvalue weighted by atomic mass is 35.5. The van der Waals surface area contributed by atoms with E-state index in [4.69, 9.17) is 11.6 Å². The van der Waals surface area contributed by atoms with Crippen molar-refractivity contribution >= 4 is 29.3 Å². The van der Waals surface area contributed by atoms with E-state index < -0.39 is 0 Å². The Bertz CT molecular complexity index is 530. The maximum atomic E-state index is 11.7. The molecule has 0 spiro atoms. The van der Waals surface area contributed by atoms with Gasteiger partial charge in [0.25, 0.3) is 0 Å². The number of hydrogen-bond donors (Lipinski definition) is 1.